The van der Waals surface area contributed by atoms with Crippen LogP contribution >= 0.6 is 0 Å². The molecule has 7 nitrogen and oxygen atoms in total. The standard InChI is InChI=1S/C27H33N3O4/c1-21(2)17-28(18-24-10-12-25(13-11-24)30(32)33)20-27(31)29(19-26-14-9-22(3)34-26)16-15-23-7-5-4-6-8-23/h4-14,21H,15-20H2,1-3H3. The number of non-ortho nitro benzene ring substituents is 1. The fraction of sp³-hybridized carbons (Fsp3) is 0.370. The summed E-state index contributed by atoms with van der Waals surface area (Å²) in [6.07, 6.45) is 0.763. The first-order valence-electron chi connectivity index (χ1n) is 11.6. The molecular weight excluding hydrogens is 430 g/mol. The molecule has 1 aromatic heterocycles. The Balaban J connectivity index is 1.71. The number of hydrogen-bond donors (Lipinski definition) is 0. The molecule has 0 radical (unpaired) electrons. The maximum Gasteiger partial charge on any atom is 0.269 e. The molecule has 34 heavy (non-hydrogen) atoms. The van der Waals surface area contributed by atoms with Crippen molar-refractivity contribution in [2.75, 3.05) is 19.6 Å². The van der Waals surface area contributed by atoms with Crippen LogP contribution in [0, 0.1) is 23.0 Å². The van der Waals surface area contributed by atoms with Gasteiger partial charge in [-0.2, -0.15) is 0 Å². The van der Waals surface area contributed by atoms with Gasteiger partial charge in [0.05, 0.1) is 18.0 Å². The Kier molecular flexibility index (Phi) is 8.99. The summed E-state index contributed by atoms with van der Waals surface area (Å²) >= 11 is 0. The number of carbonyl (C=O) groups is 1. The fourth-order valence-electron chi connectivity index (χ4n) is 3.93. The summed E-state index contributed by atoms with van der Waals surface area (Å²) in [6, 6.07) is 20.5. The highest BCUT2D eigenvalue weighted by molar-refractivity contribution is 5.78. The summed E-state index contributed by atoms with van der Waals surface area (Å²) in [5.41, 5.74) is 2.19. The minimum atomic E-state index is -0.403. The van der Waals surface area contributed by atoms with Crippen molar-refractivity contribution < 1.29 is 14.1 Å². The van der Waals surface area contributed by atoms with Gasteiger partial charge < -0.3 is 9.32 Å². The van der Waals surface area contributed by atoms with E-state index in [9.17, 15) is 14.9 Å². The van der Waals surface area contributed by atoms with Crippen LogP contribution in [0.5, 0.6) is 0 Å². The Labute approximate surface area is 201 Å². The lowest BCUT2D eigenvalue weighted by Crippen LogP contribution is -2.41. The molecule has 0 saturated heterocycles. The van der Waals surface area contributed by atoms with E-state index < -0.39 is 4.92 Å². The highest BCUT2D eigenvalue weighted by Crippen LogP contribution is 2.16. The van der Waals surface area contributed by atoms with Gasteiger partial charge in [0.1, 0.15) is 11.5 Å². The van der Waals surface area contributed by atoms with Crippen molar-refractivity contribution in [3.05, 3.63) is 99.5 Å². The van der Waals surface area contributed by atoms with Crippen LogP contribution in [0.3, 0.4) is 0 Å². The third-order valence-corrected chi connectivity index (χ3v) is 5.54. The molecule has 2 aromatic carbocycles. The van der Waals surface area contributed by atoms with Gasteiger partial charge in [0.2, 0.25) is 5.91 Å². The molecule has 0 aliphatic heterocycles. The Morgan fingerprint density at radius 2 is 1.68 bits per heavy atom. The minimum Gasteiger partial charge on any atom is -0.464 e. The average molecular weight is 464 g/mol. The maximum absolute atomic E-state index is 13.5. The van der Waals surface area contributed by atoms with Crippen LogP contribution in [-0.2, 0) is 24.3 Å². The second kappa shape index (κ2) is 12.1. The number of aryl methyl sites for hydroxylation is 1. The van der Waals surface area contributed by atoms with Crippen molar-refractivity contribution in [1.29, 1.82) is 0 Å². The van der Waals surface area contributed by atoms with Crippen LogP contribution < -0.4 is 0 Å². The van der Waals surface area contributed by atoms with Crippen molar-refractivity contribution in [3.8, 4) is 0 Å². The molecule has 0 atom stereocenters. The molecule has 3 rings (SSSR count). The van der Waals surface area contributed by atoms with Crippen molar-refractivity contribution in [2.24, 2.45) is 5.92 Å². The number of nitrogens with zero attached hydrogens (tertiary/aromatic N) is 3. The molecule has 180 valence electrons. The van der Waals surface area contributed by atoms with E-state index in [1.165, 1.54) is 17.7 Å². The Hall–Kier alpha value is -3.45. The van der Waals surface area contributed by atoms with Crippen LogP contribution in [0.2, 0.25) is 0 Å². The first-order chi connectivity index (χ1) is 16.3. The topological polar surface area (TPSA) is 79.8 Å². The number of rotatable bonds is 12. The highest BCUT2D eigenvalue weighted by Gasteiger charge is 2.20. The second-order valence-corrected chi connectivity index (χ2v) is 9.05. The van der Waals surface area contributed by atoms with Crippen LogP contribution in [0.15, 0.2) is 71.1 Å². The molecule has 0 aliphatic carbocycles. The van der Waals surface area contributed by atoms with Gasteiger partial charge in [-0.05, 0) is 42.5 Å². The third-order valence-electron chi connectivity index (χ3n) is 5.54. The summed E-state index contributed by atoms with van der Waals surface area (Å²) < 4.78 is 5.75. The van der Waals surface area contributed by atoms with Crippen LogP contribution in [0.4, 0.5) is 5.69 Å². The predicted molar refractivity (Wildman–Crippen MR) is 132 cm³/mol. The molecule has 0 spiro atoms. The molecule has 7 heteroatoms. The summed E-state index contributed by atoms with van der Waals surface area (Å²) in [4.78, 5) is 28.0. The minimum absolute atomic E-state index is 0.0348. The normalized spacial score (nSPS) is 11.2. The van der Waals surface area contributed by atoms with E-state index in [2.05, 4.69) is 30.9 Å². The SMILES string of the molecule is Cc1ccc(CN(CCc2ccccc2)C(=O)CN(Cc2ccc([N+](=O)[O-])cc2)CC(C)C)o1. The first kappa shape index (κ1) is 25.2. The van der Waals surface area contributed by atoms with Gasteiger partial charge in [-0.15, -0.1) is 0 Å². The van der Waals surface area contributed by atoms with Gasteiger partial charge in [-0.3, -0.25) is 19.8 Å². The van der Waals surface area contributed by atoms with Crippen LogP contribution in [-0.4, -0.2) is 40.3 Å². The summed E-state index contributed by atoms with van der Waals surface area (Å²) in [5.74, 6) is 2.00. The highest BCUT2D eigenvalue weighted by atomic mass is 16.6. The molecular formula is C27H33N3O4. The van der Waals surface area contributed by atoms with Gasteiger partial charge in [0, 0.05) is 31.8 Å². The number of nitro benzene ring substituents is 1. The summed E-state index contributed by atoms with van der Waals surface area (Å²) in [7, 11) is 0. The average Bonchev–Trinajstić information content (AvgIpc) is 3.21. The smallest absolute Gasteiger partial charge is 0.269 e. The van der Waals surface area contributed by atoms with Gasteiger partial charge in [-0.1, -0.05) is 56.3 Å². The molecule has 0 bridgehead atoms. The van der Waals surface area contributed by atoms with Gasteiger partial charge in [0.15, 0.2) is 0 Å². The number of nitro groups is 1. The Morgan fingerprint density at radius 3 is 2.26 bits per heavy atom. The lowest BCUT2D eigenvalue weighted by atomic mass is 10.1. The molecule has 1 heterocycles. The molecule has 1 amide bonds. The van der Waals surface area contributed by atoms with E-state index in [1.54, 1.807) is 12.1 Å². The molecule has 3 aromatic rings. The van der Waals surface area contributed by atoms with Crippen molar-refractivity contribution in [3.63, 3.8) is 0 Å². The zero-order chi connectivity index (χ0) is 24.5. The van der Waals surface area contributed by atoms with Crippen LogP contribution in [0.25, 0.3) is 0 Å². The largest absolute Gasteiger partial charge is 0.464 e. The zero-order valence-corrected chi connectivity index (χ0v) is 20.1. The van der Waals surface area contributed by atoms with Crippen molar-refractivity contribution in [2.45, 2.75) is 40.3 Å². The molecule has 0 unspecified atom stereocenters. The van der Waals surface area contributed by atoms with E-state index in [4.69, 9.17) is 4.42 Å². The maximum atomic E-state index is 13.5. The summed E-state index contributed by atoms with van der Waals surface area (Å²) in [5, 5.41) is 11.0. The van der Waals surface area contributed by atoms with E-state index in [1.807, 2.05) is 42.2 Å². The zero-order valence-electron chi connectivity index (χ0n) is 20.1. The van der Waals surface area contributed by atoms with Crippen LogP contribution in [0.1, 0.15) is 36.5 Å². The van der Waals surface area contributed by atoms with Gasteiger partial charge >= 0.3 is 0 Å². The van der Waals surface area contributed by atoms with E-state index >= 15 is 0 Å². The monoisotopic (exact) mass is 463 g/mol. The van der Waals surface area contributed by atoms with Crippen molar-refractivity contribution in [1.82, 2.24) is 9.80 Å². The molecule has 0 aliphatic rings. The lowest BCUT2D eigenvalue weighted by Gasteiger charge is -2.28. The van der Waals surface area contributed by atoms with E-state index in [0.29, 0.717) is 25.6 Å². The Morgan fingerprint density at radius 1 is 0.971 bits per heavy atom. The Bertz CT molecular complexity index is 1060. The van der Waals surface area contributed by atoms with Crippen molar-refractivity contribution >= 4 is 11.6 Å². The number of carbonyl (C=O) groups excluding carboxylic acids is 1. The number of benzene rings is 2. The quantitative estimate of drug-likeness (QED) is 0.272. The molecule has 0 saturated carbocycles. The van der Waals surface area contributed by atoms with E-state index in [-0.39, 0.29) is 18.1 Å². The predicted octanol–water partition coefficient (Wildman–Crippen LogP) is 5.23. The third kappa shape index (κ3) is 7.85. The fourth-order valence-corrected chi connectivity index (χ4v) is 3.93. The second-order valence-electron chi connectivity index (χ2n) is 9.05. The number of furan rings is 1. The van der Waals surface area contributed by atoms with Gasteiger partial charge in [0.25, 0.3) is 5.69 Å². The number of amides is 1. The van der Waals surface area contributed by atoms with E-state index in [0.717, 1.165) is 30.0 Å². The molecule has 0 N–H and O–H groups in total. The van der Waals surface area contributed by atoms with Gasteiger partial charge in [-0.25, -0.2) is 0 Å². The summed E-state index contributed by atoms with van der Waals surface area (Å²) in [6.45, 7) is 8.71. The molecule has 0 fully saturated rings. The lowest BCUT2D eigenvalue weighted by molar-refractivity contribution is -0.384. The number of hydrogen-bond acceptors (Lipinski definition) is 5. The first-order valence-corrected chi connectivity index (χ1v) is 11.6.